The lowest BCUT2D eigenvalue weighted by atomic mass is 10.1. The van der Waals surface area contributed by atoms with Gasteiger partial charge < -0.3 is 19.7 Å². The number of nitrogens with zero attached hydrogens (tertiary/aromatic N) is 2. The highest BCUT2D eigenvalue weighted by Gasteiger charge is 2.22. The van der Waals surface area contributed by atoms with Crippen molar-refractivity contribution in [2.24, 2.45) is 0 Å². The van der Waals surface area contributed by atoms with Crippen molar-refractivity contribution >= 4 is 23.5 Å². The number of benzene rings is 1. The number of carboxylic acids is 1. The Hall–Kier alpha value is -2.80. The molecule has 0 spiro atoms. The van der Waals surface area contributed by atoms with E-state index in [1.807, 2.05) is 22.9 Å². The number of carbonyl (C=O) groups is 2. The molecule has 1 aromatic carbocycles. The van der Waals surface area contributed by atoms with Gasteiger partial charge in [0, 0.05) is 12.7 Å². The molecule has 1 atom stereocenters. The van der Waals surface area contributed by atoms with Gasteiger partial charge in [-0.15, -0.1) is 0 Å². The van der Waals surface area contributed by atoms with Crippen LogP contribution in [0.4, 0.5) is 0 Å². The zero-order valence-electron chi connectivity index (χ0n) is 13.9. The molecule has 1 amide bonds. The largest absolute Gasteiger partial charge is 0.490 e. The van der Waals surface area contributed by atoms with Crippen LogP contribution in [0.3, 0.4) is 0 Å². The molecule has 0 saturated heterocycles. The summed E-state index contributed by atoms with van der Waals surface area (Å²) in [4.78, 5) is 28.3. The molecule has 1 aromatic heterocycles. The third-order valence-corrected chi connectivity index (χ3v) is 4.32. The Balaban J connectivity index is 1.88. The normalized spacial score (nSPS) is 19.3. The molecule has 2 aromatic rings. The van der Waals surface area contributed by atoms with Crippen molar-refractivity contribution in [3.05, 3.63) is 59.2 Å². The molecule has 2 N–H and O–H groups in total. The van der Waals surface area contributed by atoms with E-state index < -0.39 is 17.9 Å². The average molecular weight is 376 g/mol. The number of amides is 1. The molecule has 0 saturated carbocycles. The number of carbonyl (C=O) groups excluding carboxylic acids is 1. The molecule has 2 heterocycles. The number of aliphatic carboxylic acids is 1. The van der Waals surface area contributed by atoms with Gasteiger partial charge in [-0.2, -0.15) is 0 Å². The Kier molecular flexibility index (Phi) is 5.58. The van der Waals surface area contributed by atoms with E-state index in [2.05, 4.69) is 10.3 Å². The second kappa shape index (κ2) is 8.05. The van der Waals surface area contributed by atoms with Crippen molar-refractivity contribution in [2.45, 2.75) is 25.4 Å². The van der Waals surface area contributed by atoms with Crippen LogP contribution in [0.25, 0.3) is 0 Å². The number of fused-ring (bicyclic) bond motifs is 4. The fourth-order valence-corrected chi connectivity index (χ4v) is 2.80. The molecular weight excluding hydrogens is 358 g/mol. The molecule has 3 rings (SSSR count). The van der Waals surface area contributed by atoms with Crippen LogP contribution < -0.4 is 10.1 Å². The summed E-state index contributed by atoms with van der Waals surface area (Å²) in [5, 5.41) is 12.2. The molecule has 0 radical (unpaired) electrons. The number of nitrogens with one attached hydrogen (secondary N) is 1. The van der Waals surface area contributed by atoms with Crippen molar-refractivity contribution < 1.29 is 19.4 Å². The molecule has 0 aliphatic carbocycles. The van der Waals surface area contributed by atoms with E-state index in [0.717, 1.165) is 5.69 Å². The maximum atomic E-state index is 12.5. The summed E-state index contributed by atoms with van der Waals surface area (Å²) in [5.41, 5.74) is 0.943. The Morgan fingerprint density at radius 2 is 2.23 bits per heavy atom. The second-order valence-electron chi connectivity index (χ2n) is 5.89. The van der Waals surface area contributed by atoms with Crippen molar-refractivity contribution in [1.82, 2.24) is 14.9 Å². The predicted molar refractivity (Wildman–Crippen MR) is 95.5 cm³/mol. The quantitative estimate of drug-likeness (QED) is 0.746. The number of carboxylic acid groups (broad SMARTS) is 1. The highest BCUT2D eigenvalue weighted by atomic mass is 35.5. The van der Waals surface area contributed by atoms with Crippen molar-refractivity contribution in [3.63, 3.8) is 0 Å². The number of imidazole rings is 1. The van der Waals surface area contributed by atoms with E-state index in [0.29, 0.717) is 25.3 Å². The van der Waals surface area contributed by atoms with Gasteiger partial charge in [-0.25, -0.2) is 9.78 Å². The first kappa shape index (κ1) is 18.0. The smallest absolute Gasteiger partial charge is 0.326 e. The SMILES string of the molecule is O=C1NC(C(=O)O)CCc2cn(cn2)C/C=C/COc2ccc(Cl)c1c2. The summed E-state index contributed by atoms with van der Waals surface area (Å²) in [6.07, 6.45) is 8.03. The highest BCUT2D eigenvalue weighted by molar-refractivity contribution is 6.34. The molecule has 1 aliphatic heterocycles. The summed E-state index contributed by atoms with van der Waals surface area (Å²) in [6.45, 7) is 0.976. The van der Waals surface area contributed by atoms with E-state index in [-0.39, 0.29) is 17.0 Å². The van der Waals surface area contributed by atoms with Crippen LogP contribution in [0.5, 0.6) is 5.75 Å². The zero-order valence-corrected chi connectivity index (χ0v) is 14.6. The number of aryl methyl sites for hydroxylation is 1. The minimum atomic E-state index is -1.11. The standard InChI is InChI=1S/C18H18ClN3O4/c19-15-5-4-13-9-14(15)17(23)21-16(18(24)25)6-3-12-10-22(11-20-12)7-1-2-8-26-13/h1-2,4-5,9-11,16H,3,6-8H2,(H,21,23)(H,24,25)/b2-1+. The summed E-state index contributed by atoms with van der Waals surface area (Å²) in [6, 6.07) is 3.68. The third kappa shape index (κ3) is 4.43. The van der Waals surface area contributed by atoms with Gasteiger partial charge >= 0.3 is 5.97 Å². The Labute approximate surface area is 155 Å². The van der Waals surface area contributed by atoms with Gasteiger partial charge in [-0.3, -0.25) is 4.79 Å². The summed E-state index contributed by atoms with van der Waals surface area (Å²) in [5.74, 6) is -1.18. The van der Waals surface area contributed by atoms with E-state index in [9.17, 15) is 14.7 Å². The van der Waals surface area contributed by atoms with Crippen molar-refractivity contribution in [3.8, 4) is 5.75 Å². The van der Waals surface area contributed by atoms with Gasteiger partial charge in [0.25, 0.3) is 5.91 Å². The van der Waals surface area contributed by atoms with Crippen LogP contribution in [-0.2, 0) is 17.8 Å². The van der Waals surface area contributed by atoms with Crippen molar-refractivity contribution in [2.75, 3.05) is 6.61 Å². The van der Waals surface area contributed by atoms with Gasteiger partial charge in [-0.05, 0) is 37.1 Å². The number of aromatic nitrogens is 2. The molecule has 1 aliphatic rings. The molecule has 7 nitrogen and oxygen atoms in total. The maximum absolute atomic E-state index is 12.5. The van der Waals surface area contributed by atoms with Gasteiger partial charge in [0.05, 0.1) is 22.6 Å². The van der Waals surface area contributed by atoms with E-state index in [1.54, 1.807) is 18.5 Å². The van der Waals surface area contributed by atoms with Gasteiger partial charge in [0.2, 0.25) is 0 Å². The first-order valence-corrected chi connectivity index (χ1v) is 8.52. The average Bonchev–Trinajstić information content (AvgIpc) is 3.06. The molecule has 4 bridgehead atoms. The summed E-state index contributed by atoms with van der Waals surface area (Å²) < 4.78 is 7.49. The van der Waals surface area contributed by atoms with Crippen molar-refractivity contribution in [1.29, 1.82) is 0 Å². The first-order chi connectivity index (χ1) is 12.5. The van der Waals surface area contributed by atoms with Gasteiger partial charge in [0.1, 0.15) is 18.4 Å². The molecule has 136 valence electrons. The van der Waals surface area contributed by atoms with E-state index in [1.165, 1.54) is 6.07 Å². The van der Waals surface area contributed by atoms with E-state index in [4.69, 9.17) is 16.3 Å². The number of halogens is 1. The summed E-state index contributed by atoms with van der Waals surface area (Å²) in [7, 11) is 0. The topological polar surface area (TPSA) is 93.5 Å². The van der Waals surface area contributed by atoms with Crippen LogP contribution >= 0.6 is 11.6 Å². The molecule has 0 fully saturated rings. The minimum absolute atomic E-state index is 0.177. The molecule has 26 heavy (non-hydrogen) atoms. The van der Waals surface area contributed by atoms with Crippen LogP contribution in [0.15, 0.2) is 42.9 Å². The van der Waals surface area contributed by atoms with Crippen LogP contribution in [0.1, 0.15) is 22.5 Å². The Morgan fingerprint density at radius 1 is 1.38 bits per heavy atom. The zero-order chi connectivity index (χ0) is 18.5. The lowest BCUT2D eigenvalue weighted by Crippen LogP contribution is -2.41. The Bertz CT molecular complexity index is 847. The monoisotopic (exact) mass is 375 g/mol. The van der Waals surface area contributed by atoms with Crippen LogP contribution in [-0.4, -0.2) is 39.2 Å². The molecular formula is C18H18ClN3O4. The van der Waals surface area contributed by atoms with Crippen LogP contribution in [0, 0.1) is 0 Å². The fourth-order valence-electron chi connectivity index (χ4n) is 2.60. The van der Waals surface area contributed by atoms with Gasteiger partial charge in [0.15, 0.2) is 0 Å². The minimum Gasteiger partial charge on any atom is -0.490 e. The number of allylic oxidation sites excluding steroid dienone is 1. The van der Waals surface area contributed by atoms with Gasteiger partial charge in [-0.1, -0.05) is 17.7 Å². The first-order valence-electron chi connectivity index (χ1n) is 8.14. The molecule has 1 unspecified atom stereocenters. The Morgan fingerprint density at radius 3 is 3.04 bits per heavy atom. The number of ether oxygens (including phenoxy) is 1. The lowest BCUT2D eigenvalue weighted by Gasteiger charge is -2.15. The summed E-state index contributed by atoms with van der Waals surface area (Å²) >= 11 is 6.09. The third-order valence-electron chi connectivity index (χ3n) is 3.99. The maximum Gasteiger partial charge on any atom is 0.326 e. The molecule has 8 heteroatoms. The fraction of sp³-hybridized carbons (Fsp3) is 0.278. The lowest BCUT2D eigenvalue weighted by molar-refractivity contribution is -0.139. The van der Waals surface area contributed by atoms with E-state index >= 15 is 0 Å². The number of hydrogen-bond acceptors (Lipinski definition) is 4. The second-order valence-corrected chi connectivity index (χ2v) is 6.30. The number of rotatable bonds is 1. The predicted octanol–water partition coefficient (Wildman–Crippen LogP) is 2.30. The van der Waals surface area contributed by atoms with Crippen LogP contribution in [0.2, 0.25) is 5.02 Å². The highest BCUT2D eigenvalue weighted by Crippen LogP contribution is 2.22. The number of hydrogen-bond donors (Lipinski definition) is 2.